The Morgan fingerprint density at radius 1 is 1.00 bits per heavy atom. The molecular weight excluding hydrogens is 267 g/mol. The summed E-state index contributed by atoms with van der Waals surface area (Å²) < 4.78 is 5.89. The van der Waals surface area contributed by atoms with E-state index in [-0.39, 0.29) is 0 Å². The molecule has 0 heterocycles. The number of ether oxygens (including phenoxy) is 1. The Morgan fingerprint density at radius 3 is 2.06 bits per heavy atom. The van der Waals surface area contributed by atoms with Crippen LogP contribution in [0.15, 0.2) is 36.4 Å². The molecule has 0 aliphatic carbocycles. The molecule has 0 aliphatic heterocycles. The van der Waals surface area contributed by atoms with Crippen molar-refractivity contribution in [2.24, 2.45) is 0 Å². The summed E-state index contributed by atoms with van der Waals surface area (Å²) in [6.07, 6.45) is 0. The fourth-order valence-corrected chi connectivity index (χ4v) is 2.33. The number of alkyl halides is 1. The maximum atomic E-state index is 5.99. The third-order valence-electron chi connectivity index (χ3n) is 2.72. The molecule has 0 unspecified atom stereocenters. The van der Waals surface area contributed by atoms with Crippen molar-refractivity contribution < 1.29 is 4.74 Å². The first kappa shape index (κ1) is 13.3. The minimum absolute atomic E-state index is 0.513. The summed E-state index contributed by atoms with van der Waals surface area (Å²) in [5, 5.41) is 0.731. The normalized spacial score (nSPS) is 10.4. The van der Waals surface area contributed by atoms with E-state index >= 15 is 0 Å². The lowest BCUT2D eigenvalue weighted by Crippen LogP contribution is -1.91. The third-order valence-corrected chi connectivity index (χ3v) is 3.25. The van der Waals surface area contributed by atoms with Crippen molar-refractivity contribution in [3.8, 4) is 11.5 Å². The quantitative estimate of drug-likeness (QED) is 0.676. The Kier molecular flexibility index (Phi) is 4.15. The van der Waals surface area contributed by atoms with E-state index in [1.165, 1.54) is 0 Å². The molecule has 0 fully saturated rings. The molecule has 2 aromatic carbocycles. The zero-order valence-corrected chi connectivity index (χ0v) is 11.8. The molecule has 2 aromatic rings. The highest BCUT2D eigenvalue weighted by atomic mass is 35.5. The average molecular weight is 281 g/mol. The minimum Gasteiger partial charge on any atom is -0.457 e. The maximum Gasteiger partial charge on any atom is 0.133 e. The lowest BCUT2D eigenvalue weighted by molar-refractivity contribution is 0.475. The molecule has 0 amide bonds. The SMILES string of the molecule is Cc1cc(Cl)cc(C)c1Oc1ccc(CCl)cc1. The fraction of sp³-hybridized carbons (Fsp3) is 0.200. The summed E-state index contributed by atoms with van der Waals surface area (Å²) in [6, 6.07) is 11.6. The van der Waals surface area contributed by atoms with Gasteiger partial charge >= 0.3 is 0 Å². The highest BCUT2D eigenvalue weighted by molar-refractivity contribution is 6.30. The molecule has 1 nitrogen and oxygen atoms in total. The number of halogens is 2. The van der Waals surface area contributed by atoms with E-state index in [4.69, 9.17) is 27.9 Å². The van der Waals surface area contributed by atoms with Crippen molar-refractivity contribution in [1.29, 1.82) is 0 Å². The number of rotatable bonds is 3. The van der Waals surface area contributed by atoms with Crippen LogP contribution in [0.4, 0.5) is 0 Å². The third kappa shape index (κ3) is 2.98. The Hall–Kier alpha value is -1.18. The molecule has 2 rings (SSSR count). The summed E-state index contributed by atoms with van der Waals surface area (Å²) in [5.74, 6) is 2.18. The van der Waals surface area contributed by atoms with Gasteiger partial charge in [-0.2, -0.15) is 0 Å². The predicted octanol–water partition coefficient (Wildman–Crippen LogP) is 5.49. The van der Waals surface area contributed by atoms with Crippen molar-refractivity contribution in [2.75, 3.05) is 0 Å². The molecule has 0 bridgehead atoms. The van der Waals surface area contributed by atoms with E-state index in [1.807, 2.05) is 50.2 Å². The van der Waals surface area contributed by atoms with Gasteiger partial charge < -0.3 is 4.74 Å². The molecule has 0 saturated heterocycles. The van der Waals surface area contributed by atoms with Gasteiger partial charge in [-0.15, -0.1) is 11.6 Å². The zero-order valence-electron chi connectivity index (χ0n) is 10.3. The largest absolute Gasteiger partial charge is 0.457 e. The van der Waals surface area contributed by atoms with Crippen molar-refractivity contribution in [3.05, 3.63) is 58.1 Å². The predicted molar refractivity (Wildman–Crippen MR) is 77.0 cm³/mol. The second kappa shape index (κ2) is 5.64. The van der Waals surface area contributed by atoms with Crippen LogP contribution >= 0.6 is 23.2 Å². The van der Waals surface area contributed by atoms with Gasteiger partial charge in [0.05, 0.1) is 0 Å². The van der Waals surface area contributed by atoms with Gasteiger partial charge in [0.15, 0.2) is 0 Å². The number of hydrogen-bond acceptors (Lipinski definition) is 1. The van der Waals surface area contributed by atoms with Crippen LogP contribution < -0.4 is 4.74 Å². The van der Waals surface area contributed by atoms with Crippen LogP contribution in [-0.2, 0) is 5.88 Å². The molecule has 0 aliphatic rings. The second-order valence-electron chi connectivity index (χ2n) is 4.25. The first-order chi connectivity index (χ1) is 8.60. The summed E-state index contributed by atoms with van der Waals surface area (Å²) >= 11 is 11.7. The lowest BCUT2D eigenvalue weighted by atomic mass is 10.1. The van der Waals surface area contributed by atoms with Crippen molar-refractivity contribution in [1.82, 2.24) is 0 Å². The zero-order chi connectivity index (χ0) is 13.1. The number of aryl methyl sites for hydroxylation is 2. The van der Waals surface area contributed by atoms with Crippen LogP contribution in [0.1, 0.15) is 16.7 Å². The van der Waals surface area contributed by atoms with E-state index in [0.717, 1.165) is 33.2 Å². The Balaban J connectivity index is 2.28. The monoisotopic (exact) mass is 280 g/mol. The highest BCUT2D eigenvalue weighted by Crippen LogP contribution is 2.31. The van der Waals surface area contributed by atoms with Crippen LogP contribution in [0.5, 0.6) is 11.5 Å². The van der Waals surface area contributed by atoms with Crippen LogP contribution in [0.3, 0.4) is 0 Å². The van der Waals surface area contributed by atoms with Gasteiger partial charge in [0.1, 0.15) is 11.5 Å². The van der Waals surface area contributed by atoms with Crippen molar-refractivity contribution in [2.45, 2.75) is 19.7 Å². The van der Waals surface area contributed by atoms with Crippen LogP contribution in [-0.4, -0.2) is 0 Å². The first-order valence-electron chi connectivity index (χ1n) is 5.69. The summed E-state index contributed by atoms with van der Waals surface area (Å²) in [5.41, 5.74) is 3.14. The smallest absolute Gasteiger partial charge is 0.133 e. The van der Waals surface area contributed by atoms with E-state index in [0.29, 0.717) is 5.88 Å². The summed E-state index contributed by atoms with van der Waals surface area (Å²) in [6.45, 7) is 3.97. The van der Waals surface area contributed by atoms with Gasteiger partial charge in [-0.25, -0.2) is 0 Å². The molecule has 3 heteroatoms. The molecular formula is C15H14Cl2O. The van der Waals surface area contributed by atoms with Crippen LogP contribution in [0, 0.1) is 13.8 Å². The van der Waals surface area contributed by atoms with Gasteiger partial charge in [-0.3, -0.25) is 0 Å². The van der Waals surface area contributed by atoms with E-state index in [9.17, 15) is 0 Å². The number of benzene rings is 2. The fourth-order valence-electron chi connectivity index (χ4n) is 1.82. The van der Waals surface area contributed by atoms with E-state index in [2.05, 4.69) is 0 Å². The summed E-state index contributed by atoms with van der Waals surface area (Å²) in [7, 11) is 0. The standard InChI is InChI=1S/C15H14Cl2O/c1-10-7-13(17)8-11(2)15(10)18-14-5-3-12(9-16)4-6-14/h3-8H,9H2,1-2H3. The highest BCUT2D eigenvalue weighted by Gasteiger charge is 2.07. The van der Waals surface area contributed by atoms with Crippen LogP contribution in [0.25, 0.3) is 0 Å². The average Bonchev–Trinajstić information content (AvgIpc) is 2.34. The van der Waals surface area contributed by atoms with Gasteiger partial charge in [0, 0.05) is 10.9 Å². The van der Waals surface area contributed by atoms with Gasteiger partial charge in [0.25, 0.3) is 0 Å². The molecule has 0 radical (unpaired) electrons. The molecule has 0 atom stereocenters. The maximum absolute atomic E-state index is 5.99. The van der Waals surface area contributed by atoms with Gasteiger partial charge in [0.2, 0.25) is 0 Å². The van der Waals surface area contributed by atoms with Crippen LogP contribution in [0.2, 0.25) is 5.02 Å². The second-order valence-corrected chi connectivity index (χ2v) is 4.95. The Bertz CT molecular complexity index is 524. The van der Waals surface area contributed by atoms with E-state index in [1.54, 1.807) is 0 Å². The van der Waals surface area contributed by atoms with E-state index < -0.39 is 0 Å². The van der Waals surface area contributed by atoms with Gasteiger partial charge in [-0.05, 0) is 54.8 Å². The molecule has 0 saturated carbocycles. The topological polar surface area (TPSA) is 9.23 Å². The lowest BCUT2D eigenvalue weighted by Gasteiger charge is -2.12. The number of hydrogen-bond donors (Lipinski definition) is 0. The van der Waals surface area contributed by atoms with Crippen molar-refractivity contribution >= 4 is 23.2 Å². The van der Waals surface area contributed by atoms with Crippen molar-refractivity contribution in [3.63, 3.8) is 0 Å². The summed E-state index contributed by atoms with van der Waals surface area (Å²) in [4.78, 5) is 0. The first-order valence-corrected chi connectivity index (χ1v) is 6.61. The minimum atomic E-state index is 0.513. The molecule has 0 spiro atoms. The Labute approximate surface area is 117 Å². The van der Waals surface area contributed by atoms with Gasteiger partial charge in [-0.1, -0.05) is 23.7 Å². The molecule has 94 valence electrons. The molecule has 0 N–H and O–H groups in total. The Morgan fingerprint density at radius 2 is 1.56 bits per heavy atom. The molecule has 0 aromatic heterocycles. The molecule has 18 heavy (non-hydrogen) atoms.